The van der Waals surface area contributed by atoms with Crippen LogP contribution in [0, 0.1) is 13.8 Å². The van der Waals surface area contributed by atoms with Crippen molar-refractivity contribution in [2.45, 2.75) is 39.8 Å². The van der Waals surface area contributed by atoms with Crippen molar-refractivity contribution in [3.05, 3.63) is 88.0 Å². The zero-order valence-electron chi connectivity index (χ0n) is 18.0. The van der Waals surface area contributed by atoms with E-state index in [0.29, 0.717) is 36.2 Å². The van der Waals surface area contributed by atoms with Crippen molar-refractivity contribution in [2.24, 2.45) is 0 Å². The van der Waals surface area contributed by atoms with E-state index >= 15 is 0 Å². The molecule has 164 valence electrons. The highest BCUT2D eigenvalue weighted by Gasteiger charge is 2.14. The van der Waals surface area contributed by atoms with E-state index in [1.807, 2.05) is 48.9 Å². The van der Waals surface area contributed by atoms with Gasteiger partial charge in [0.05, 0.1) is 12.2 Å². The standard InChI is InChI=1S/C24H24ClN5O2/c1-16-21(17(2)30(28-16)15-18-6-4-3-5-7-18)14-26-22(31)12-13-23-27-24(29-32-23)19-8-10-20(25)11-9-19/h3-11H,12-15H2,1-2H3,(H,26,31). The molecule has 1 amide bonds. The molecule has 2 heterocycles. The first-order valence-corrected chi connectivity index (χ1v) is 10.8. The van der Waals surface area contributed by atoms with Crippen LogP contribution in [0.3, 0.4) is 0 Å². The average Bonchev–Trinajstić information content (AvgIpc) is 3.37. The van der Waals surface area contributed by atoms with Crippen LogP contribution in [0.5, 0.6) is 0 Å². The van der Waals surface area contributed by atoms with E-state index < -0.39 is 0 Å². The third-order valence-electron chi connectivity index (χ3n) is 5.31. The van der Waals surface area contributed by atoms with E-state index in [4.69, 9.17) is 16.1 Å². The summed E-state index contributed by atoms with van der Waals surface area (Å²) in [5, 5.41) is 12.2. The Morgan fingerprint density at radius 1 is 1.09 bits per heavy atom. The Hall–Kier alpha value is -3.45. The molecule has 2 aromatic heterocycles. The lowest BCUT2D eigenvalue weighted by molar-refractivity contribution is -0.121. The maximum absolute atomic E-state index is 12.4. The van der Waals surface area contributed by atoms with Crippen LogP contribution in [-0.2, 0) is 24.3 Å². The van der Waals surface area contributed by atoms with Gasteiger partial charge in [-0.3, -0.25) is 9.48 Å². The quantitative estimate of drug-likeness (QED) is 0.428. The molecule has 0 fully saturated rings. The number of aromatic nitrogens is 4. The number of aryl methyl sites for hydroxylation is 2. The molecule has 0 spiro atoms. The molecule has 32 heavy (non-hydrogen) atoms. The lowest BCUT2D eigenvalue weighted by Gasteiger charge is -2.07. The predicted molar refractivity (Wildman–Crippen MR) is 122 cm³/mol. The van der Waals surface area contributed by atoms with Gasteiger partial charge >= 0.3 is 0 Å². The van der Waals surface area contributed by atoms with Gasteiger partial charge in [0.2, 0.25) is 17.6 Å². The van der Waals surface area contributed by atoms with Gasteiger partial charge in [0.15, 0.2) is 0 Å². The summed E-state index contributed by atoms with van der Waals surface area (Å²) in [6.45, 7) is 5.13. The molecule has 8 heteroatoms. The predicted octanol–water partition coefficient (Wildman–Crippen LogP) is 4.50. The van der Waals surface area contributed by atoms with Crippen molar-refractivity contribution in [3.8, 4) is 11.4 Å². The molecule has 0 saturated heterocycles. The van der Waals surface area contributed by atoms with E-state index in [1.54, 1.807) is 12.1 Å². The van der Waals surface area contributed by atoms with Crippen LogP contribution >= 0.6 is 11.6 Å². The maximum Gasteiger partial charge on any atom is 0.227 e. The molecule has 2 aromatic carbocycles. The smallest absolute Gasteiger partial charge is 0.227 e. The van der Waals surface area contributed by atoms with E-state index in [2.05, 4.69) is 32.7 Å². The Labute approximate surface area is 191 Å². The third kappa shape index (κ3) is 5.23. The molecule has 0 aliphatic rings. The van der Waals surface area contributed by atoms with Crippen LogP contribution in [0.4, 0.5) is 0 Å². The number of hydrogen-bond acceptors (Lipinski definition) is 5. The Kier molecular flexibility index (Phi) is 6.66. The Morgan fingerprint density at radius 2 is 1.84 bits per heavy atom. The minimum Gasteiger partial charge on any atom is -0.352 e. The minimum absolute atomic E-state index is 0.0779. The van der Waals surface area contributed by atoms with Crippen molar-refractivity contribution in [1.82, 2.24) is 25.2 Å². The molecule has 0 bridgehead atoms. The van der Waals surface area contributed by atoms with Gasteiger partial charge in [-0.15, -0.1) is 0 Å². The van der Waals surface area contributed by atoms with Gasteiger partial charge in [-0.05, 0) is 43.7 Å². The maximum atomic E-state index is 12.4. The second kappa shape index (κ2) is 9.78. The lowest BCUT2D eigenvalue weighted by atomic mass is 10.2. The molecule has 0 saturated carbocycles. The molecule has 0 unspecified atom stereocenters. The van der Waals surface area contributed by atoms with Crippen LogP contribution in [0.15, 0.2) is 59.1 Å². The highest BCUT2D eigenvalue weighted by Crippen LogP contribution is 2.19. The number of carbonyl (C=O) groups is 1. The van der Waals surface area contributed by atoms with Crippen LogP contribution in [0.1, 0.15) is 34.8 Å². The number of amides is 1. The van der Waals surface area contributed by atoms with Crippen LogP contribution < -0.4 is 5.32 Å². The van der Waals surface area contributed by atoms with Gasteiger partial charge in [0, 0.05) is 41.2 Å². The SMILES string of the molecule is Cc1nn(Cc2ccccc2)c(C)c1CNC(=O)CCc1nc(-c2ccc(Cl)cc2)no1. The summed E-state index contributed by atoms with van der Waals surface area (Å²) in [6, 6.07) is 17.4. The fourth-order valence-corrected chi connectivity index (χ4v) is 3.59. The third-order valence-corrected chi connectivity index (χ3v) is 5.56. The van der Waals surface area contributed by atoms with E-state index in [1.165, 1.54) is 5.56 Å². The van der Waals surface area contributed by atoms with Crippen molar-refractivity contribution in [1.29, 1.82) is 0 Å². The molecule has 0 aliphatic heterocycles. The molecule has 0 radical (unpaired) electrons. The van der Waals surface area contributed by atoms with Crippen LogP contribution in [-0.4, -0.2) is 25.8 Å². The normalized spacial score (nSPS) is 11.0. The van der Waals surface area contributed by atoms with Gasteiger partial charge in [0.1, 0.15) is 0 Å². The highest BCUT2D eigenvalue weighted by molar-refractivity contribution is 6.30. The summed E-state index contributed by atoms with van der Waals surface area (Å²) in [5.41, 5.74) is 5.01. The molecule has 0 atom stereocenters. The van der Waals surface area contributed by atoms with Crippen molar-refractivity contribution in [3.63, 3.8) is 0 Å². The molecular formula is C24H24ClN5O2. The number of hydrogen-bond donors (Lipinski definition) is 1. The average molecular weight is 450 g/mol. The summed E-state index contributed by atoms with van der Waals surface area (Å²) in [7, 11) is 0. The van der Waals surface area contributed by atoms with Crippen molar-refractivity contribution >= 4 is 17.5 Å². The van der Waals surface area contributed by atoms with Gasteiger partial charge < -0.3 is 9.84 Å². The molecular weight excluding hydrogens is 426 g/mol. The summed E-state index contributed by atoms with van der Waals surface area (Å²) in [5.74, 6) is 0.827. The molecule has 7 nitrogen and oxygen atoms in total. The summed E-state index contributed by atoms with van der Waals surface area (Å²) >= 11 is 5.91. The first-order valence-electron chi connectivity index (χ1n) is 10.4. The van der Waals surface area contributed by atoms with E-state index in [0.717, 1.165) is 22.5 Å². The second-order valence-electron chi connectivity index (χ2n) is 7.59. The van der Waals surface area contributed by atoms with Crippen molar-refractivity contribution < 1.29 is 9.32 Å². The Bertz CT molecular complexity index is 1200. The highest BCUT2D eigenvalue weighted by atomic mass is 35.5. The minimum atomic E-state index is -0.0779. The van der Waals surface area contributed by atoms with Crippen LogP contribution in [0.25, 0.3) is 11.4 Å². The zero-order valence-corrected chi connectivity index (χ0v) is 18.8. The topological polar surface area (TPSA) is 85.8 Å². The van der Waals surface area contributed by atoms with Gasteiger partial charge in [-0.25, -0.2) is 0 Å². The number of benzene rings is 2. The van der Waals surface area contributed by atoms with E-state index in [-0.39, 0.29) is 12.3 Å². The summed E-state index contributed by atoms with van der Waals surface area (Å²) < 4.78 is 7.25. The van der Waals surface area contributed by atoms with E-state index in [9.17, 15) is 4.79 Å². The molecule has 4 rings (SSSR count). The second-order valence-corrected chi connectivity index (χ2v) is 8.02. The molecule has 1 N–H and O–H groups in total. The fraction of sp³-hybridized carbons (Fsp3) is 0.250. The summed E-state index contributed by atoms with van der Waals surface area (Å²) in [4.78, 5) is 16.7. The Balaban J connectivity index is 1.30. The van der Waals surface area contributed by atoms with Gasteiger partial charge in [0.25, 0.3) is 0 Å². The first-order chi connectivity index (χ1) is 15.5. The number of halogens is 1. The number of nitrogens with one attached hydrogen (secondary N) is 1. The number of nitrogens with zero attached hydrogens (tertiary/aromatic N) is 4. The summed E-state index contributed by atoms with van der Waals surface area (Å²) in [6.07, 6.45) is 0.635. The monoisotopic (exact) mass is 449 g/mol. The van der Waals surface area contributed by atoms with Gasteiger partial charge in [-0.1, -0.05) is 47.1 Å². The van der Waals surface area contributed by atoms with Crippen molar-refractivity contribution in [2.75, 3.05) is 0 Å². The number of carbonyl (C=O) groups excluding carboxylic acids is 1. The fourth-order valence-electron chi connectivity index (χ4n) is 3.47. The Morgan fingerprint density at radius 3 is 2.59 bits per heavy atom. The molecule has 0 aliphatic carbocycles. The first kappa shape index (κ1) is 21.8. The zero-order chi connectivity index (χ0) is 22.5. The largest absolute Gasteiger partial charge is 0.352 e. The van der Waals surface area contributed by atoms with Gasteiger partial charge in [-0.2, -0.15) is 10.1 Å². The molecule has 4 aromatic rings. The lowest BCUT2D eigenvalue weighted by Crippen LogP contribution is -2.23. The number of rotatable bonds is 8. The van der Waals surface area contributed by atoms with Crippen LogP contribution in [0.2, 0.25) is 5.02 Å².